The molecule has 1 saturated heterocycles. The van der Waals surface area contributed by atoms with Gasteiger partial charge < -0.3 is 23.7 Å². The quantitative estimate of drug-likeness (QED) is 0.395. The number of carbonyl (C=O) groups is 1. The predicted octanol–water partition coefficient (Wildman–Crippen LogP) is 4.21. The summed E-state index contributed by atoms with van der Waals surface area (Å²) in [5.41, 5.74) is 4.90. The number of rotatable bonds is 7. The van der Waals surface area contributed by atoms with E-state index < -0.39 is 18.5 Å². The minimum atomic E-state index is -0.652. The third kappa shape index (κ3) is 4.93. The first-order valence-electron chi connectivity index (χ1n) is 11.5. The Hall–Kier alpha value is -3.36. The van der Waals surface area contributed by atoms with Crippen molar-refractivity contribution in [1.82, 2.24) is 10.2 Å². The van der Waals surface area contributed by atoms with Crippen LogP contribution in [0.4, 0.5) is 0 Å². The SMILES string of the molecule is CC(=O)OCC1CC(O)CC(Oc2cc(C)cc3n[nH]c(CCc4ccc5occc5c4)c23)O1. The number of ether oxygens (including phenoxy) is 3. The smallest absolute Gasteiger partial charge is 0.302 e. The van der Waals surface area contributed by atoms with Crippen LogP contribution in [0.15, 0.2) is 47.1 Å². The Balaban J connectivity index is 1.35. The lowest BCUT2D eigenvalue weighted by atomic mass is 10.0. The highest BCUT2D eigenvalue weighted by Gasteiger charge is 2.31. The molecule has 4 aromatic rings. The molecule has 0 bridgehead atoms. The van der Waals surface area contributed by atoms with Crippen molar-refractivity contribution in [2.45, 2.75) is 58.0 Å². The summed E-state index contributed by atoms with van der Waals surface area (Å²) in [4.78, 5) is 11.2. The van der Waals surface area contributed by atoms with Crippen LogP contribution in [0.5, 0.6) is 5.75 Å². The zero-order valence-electron chi connectivity index (χ0n) is 19.2. The van der Waals surface area contributed by atoms with Crippen LogP contribution in [-0.2, 0) is 27.1 Å². The number of aliphatic hydroxyl groups excluding tert-OH is 1. The number of fused-ring (bicyclic) bond motifs is 2. The third-order valence-electron chi connectivity index (χ3n) is 6.09. The Bertz CT molecular complexity index is 1310. The lowest BCUT2D eigenvalue weighted by Gasteiger charge is -2.33. The number of aromatic amines is 1. The Morgan fingerprint density at radius 2 is 2.09 bits per heavy atom. The number of aliphatic hydroxyl groups is 1. The van der Waals surface area contributed by atoms with Crippen LogP contribution in [0.2, 0.25) is 0 Å². The summed E-state index contributed by atoms with van der Waals surface area (Å²) in [5.74, 6) is 0.283. The van der Waals surface area contributed by atoms with Crippen LogP contribution in [0, 0.1) is 6.92 Å². The molecule has 0 amide bonds. The minimum absolute atomic E-state index is 0.0907. The van der Waals surface area contributed by atoms with Crippen molar-refractivity contribution in [3.8, 4) is 5.75 Å². The molecule has 34 heavy (non-hydrogen) atoms. The van der Waals surface area contributed by atoms with Gasteiger partial charge in [0.2, 0.25) is 6.29 Å². The summed E-state index contributed by atoms with van der Waals surface area (Å²) in [6.45, 7) is 3.43. The lowest BCUT2D eigenvalue weighted by molar-refractivity contribution is -0.191. The average molecular weight is 465 g/mol. The maximum atomic E-state index is 11.2. The number of aryl methyl sites for hydroxylation is 3. The number of nitrogens with zero attached hydrogens (tertiary/aromatic N) is 1. The molecule has 0 aliphatic carbocycles. The molecule has 3 atom stereocenters. The maximum Gasteiger partial charge on any atom is 0.302 e. The third-order valence-corrected chi connectivity index (χ3v) is 6.09. The van der Waals surface area contributed by atoms with Gasteiger partial charge in [0.15, 0.2) is 0 Å². The Morgan fingerprint density at radius 3 is 2.94 bits per heavy atom. The normalized spacial score (nSPS) is 20.6. The first-order valence-corrected chi connectivity index (χ1v) is 11.5. The van der Waals surface area contributed by atoms with Crippen molar-refractivity contribution in [3.05, 3.63) is 59.5 Å². The molecule has 178 valence electrons. The summed E-state index contributed by atoms with van der Waals surface area (Å²) >= 11 is 0. The molecular weight excluding hydrogens is 436 g/mol. The van der Waals surface area contributed by atoms with Crippen LogP contribution < -0.4 is 4.74 Å². The number of nitrogens with one attached hydrogen (secondary N) is 1. The maximum absolute atomic E-state index is 11.2. The van der Waals surface area contributed by atoms with Gasteiger partial charge in [0.1, 0.15) is 17.9 Å². The fourth-order valence-electron chi connectivity index (χ4n) is 4.51. The van der Waals surface area contributed by atoms with Crippen molar-refractivity contribution in [2.75, 3.05) is 6.61 Å². The number of hydrogen-bond acceptors (Lipinski definition) is 7. The van der Waals surface area contributed by atoms with E-state index in [2.05, 4.69) is 22.3 Å². The highest BCUT2D eigenvalue weighted by atomic mass is 16.7. The van der Waals surface area contributed by atoms with E-state index in [1.807, 2.05) is 31.2 Å². The summed E-state index contributed by atoms with van der Waals surface area (Å²) < 4.78 is 22.7. The molecular formula is C26H28N2O6. The van der Waals surface area contributed by atoms with E-state index in [4.69, 9.17) is 18.6 Å². The molecule has 8 nitrogen and oxygen atoms in total. The van der Waals surface area contributed by atoms with Crippen molar-refractivity contribution >= 4 is 27.8 Å². The highest BCUT2D eigenvalue weighted by molar-refractivity contribution is 5.88. The van der Waals surface area contributed by atoms with Gasteiger partial charge in [-0.2, -0.15) is 5.10 Å². The summed E-state index contributed by atoms with van der Waals surface area (Å²) in [7, 11) is 0. The van der Waals surface area contributed by atoms with Crippen molar-refractivity contribution in [1.29, 1.82) is 0 Å². The van der Waals surface area contributed by atoms with Gasteiger partial charge in [-0.05, 0) is 61.2 Å². The number of furan rings is 1. The highest BCUT2D eigenvalue weighted by Crippen LogP contribution is 2.33. The van der Waals surface area contributed by atoms with E-state index in [9.17, 15) is 9.90 Å². The van der Waals surface area contributed by atoms with Gasteiger partial charge in [0.05, 0.1) is 29.4 Å². The van der Waals surface area contributed by atoms with Crippen LogP contribution in [-0.4, -0.2) is 46.4 Å². The minimum Gasteiger partial charge on any atom is -0.464 e. The van der Waals surface area contributed by atoms with Gasteiger partial charge in [-0.15, -0.1) is 0 Å². The summed E-state index contributed by atoms with van der Waals surface area (Å²) in [6.07, 6.45) is 2.35. The molecule has 5 rings (SSSR count). The monoisotopic (exact) mass is 464 g/mol. The molecule has 0 saturated carbocycles. The second-order valence-corrected chi connectivity index (χ2v) is 8.89. The standard InChI is InChI=1S/C26H28N2O6/c1-15-9-22-26(21(27-28-22)5-3-17-4-6-23-18(11-17)7-8-31-23)24(10-15)34-25-13-19(30)12-20(33-25)14-32-16(2)29/h4,6-11,19-20,25,30H,3,5,12-14H2,1-2H3,(H,27,28). The van der Waals surface area contributed by atoms with E-state index in [1.54, 1.807) is 6.26 Å². The van der Waals surface area contributed by atoms with Crippen LogP contribution >= 0.6 is 0 Å². The molecule has 2 aromatic heterocycles. The lowest BCUT2D eigenvalue weighted by Crippen LogP contribution is -2.41. The molecule has 2 N–H and O–H groups in total. The number of aromatic nitrogens is 2. The molecule has 8 heteroatoms. The zero-order valence-corrected chi connectivity index (χ0v) is 19.2. The van der Waals surface area contributed by atoms with Crippen molar-refractivity contribution in [2.24, 2.45) is 0 Å². The Kier molecular flexibility index (Phi) is 6.26. The van der Waals surface area contributed by atoms with E-state index in [-0.39, 0.29) is 12.6 Å². The fourth-order valence-corrected chi connectivity index (χ4v) is 4.51. The van der Waals surface area contributed by atoms with Gasteiger partial charge in [0.25, 0.3) is 0 Å². The van der Waals surface area contributed by atoms with Gasteiger partial charge in [-0.25, -0.2) is 0 Å². The molecule has 3 unspecified atom stereocenters. The molecule has 3 heterocycles. The van der Waals surface area contributed by atoms with E-state index in [0.717, 1.165) is 46.0 Å². The summed E-state index contributed by atoms with van der Waals surface area (Å²) in [6, 6.07) is 12.1. The topological polar surface area (TPSA) is 107 Å². The van der Waals surface area contributed by atoms with Crippen molar-refractivity contribution in [3.63, 3.8) is 0 Å². The molecule has 1 aliphatic rings. The number of carbonyl (C=O) groups excluding carboxylic acids is 1. The largest absolute Gasteiger partial charge is 0.464 e. The van der Waals surface area contributed by atoms with E-state index in [1.165, 1.54) is 12.5 Å². The second-order valence-electron chi connectivity index (χ2n) is 8.89. The van der Waals surface area contributed by atoms with Gasteiger partial charge in [0, 0.05) is 30.8 Å². The Morgan fingerprint density at radius 1 is 1.21 bits per heavy atom. The summed E-state index contributed by atoms with van der Waals surface area (Å²) in [5, 5.41) is 20.0. The van der Waals surface area contributed by atoms with Gasteiger partial charge in [-0.1, -0.05) is 6.07 Å². The van der Waals surface area contributed by atoms with Crippen LogP contribution in [0.25, 0.3) is 21.9 Å². The molecule has 1 fully saturated rings. The molecule has 0 spiro atoms. The number of esters is 1. The van der Waals surface area contributed by atoms with Crippen LogP contribution in [0.3, 0.4) is 0 Å². The van der Waals surface area contributed by atoms with Gasteiger partial charge in [-0.3, -0.25) is 9.89 Å². The Labute approximate surface area is 196 Å². The number of H-pyrrole nitrogens is 1. The molecule has 2 aromatic carbocycles. The fraction of sp³-hybridized carbons (Fsp3) is 0.385. The van der Waals surface area contributed by atoms with E-state index in [0.29, 0.717) is 18.6 Å². The molecule has 0 radical (unpaired) electrons. The predicted molar refractivity (Wildman–Crippen MR) is 126 cm³/mol. The van der Waals surface area contributed by atoms with Crippen LogP contribution in [0.1, 0.15) is 36.6 Å². The number of benzene rings is 2. The van der Waals surface area contributed by atoms with Gasteiger partial charge >= 0.3 is 5.97 Å². The zero-order chi connectivity index (χ0) is 23.7. The van der Waals surface area contributed by atoms with Crippen molar-refractivity contribution < 1.29 is 28.5 Å². The first kappa shape index (κ1) is 22.4. The molecule has 1 aliphatic heterocycles. The first-order chi connectivity index (χ1) is 16.4. The number of hydrogen-bond donors (Lipinski definition) is 2. The van der Waals surface area contributed by atoms with E-state index >= 15 is 0 Å². The average Bonchev–Trinajstić information content (AvgIpc) is 3.42. The second kappa shape index (κ2) is 9.48.